The summed E-state index contributed by atoms with van der Waals surface area (Å²) < 4.78 is 27.1. The van der Waals surface area contributed by atoms with E-state index in [1.54, 1.807) is 0 Å². The number of aliphatic hydroxyl groups excluding tert-OH is 1. The molecule has 0 unspecified atom stereocenters. The number of hydrogen-bond acceptors (Lipinski definition) is 5. The van der Waals surface area contributed by atoms with Crippen LogP contribution in [0.1, 0.15) is 104 Å². The predicted octanol–water partition coefficient (Wildman–Crippen LogP) is 6.64. The Hall–Kier alpha value is 0.0700. The van der Waals surface area contributed by atoms with Gasteiger partial charge in [-0.15, -0.1) is 0 Å². The molecule has 1 N–H and O–H groups in total. The number of phosphoric acid groups is 1. The summed E-state index contributed by atoms with van der Waals surface area (Å²) in [5.74, 6) is -0.0686. The lowest BCUT2D eigenvalue weighted by Crippen LogP contribution is -2.21. The summed E-state index contributed by atoms with van der Waals surface area (Å²) in [6.07, 6.45) is 17.6. The van der Waals surface area contributed by atoms with Crippen molar-refractivity contribution in [3.05, 3.63) is 0 Å². The highest BCUT2D eigenvalue weighted by Gasteiger charge is 2.33. The molecule has 1 aliphatic heterocycles. The van der Waals surface area contributed by atoms with Gasteiger partial charge in [-0.3, -0.25) is 13.6 Å². The van der Waals surface area contributed by atoms with E-state index in [4.69, 9.17) is 13.6 Å². The van der Waals surface area contributed by atoms with Gasteiger partial charge in [0.25, 0.3) is 0 Å². The molecule has 0 radical (unpaired) electrons. The maximum absolute atomic E-state index is 11.9. The van der Waals surface area contributed by atoms with Crippen molar-refractivity contribution in [1.29, 1.82) is 0 Å². The second kappa shape index (κ2) is 15.9. The zero-order valence-electron chi connectivity index (χ0n) is 17.7. The Kier molecular flexibility index (Phi) is 14.8. The van der Waals surface area contributed by atoms with Crippen LogP contribution in [-0.4, -0.2) is 31.0 Å². The minimum absolute atomic E-state index is 0.0686. The van der Waals surface area contributed by atoms with Gasteiger partial charge < -0.3 is 5.11 Å². The lowest BCUT2D eigenvalue weighted by Gasteiger charge is -2.20. The van der Waals surface area contributed by atoms with E-state index >= 15 is 0 Å². The largest absolute Gasteiger partial charge is 0.474 e. The van der Waals surface area contributed by atoms with Crippen molar-refractivity contribution in [3.63, 3.8) is 0 Å². The molecule has 162 valence electrons. The van der Waals surface area contributed by atoms with Crippen LogP contribution < -0.4 is 0 Å². The maximum atomic E-state index is 11.9. The first kappa shape index (κ1) is 25.1. The molecular formula is C21H43O5P. The normalized spacial score (nSPS) is 18.6. The van der Waals surface area contributed by atoms with Gasteiger partial charge in [-0.05, 0) is 6.42 Å². The summed E-state index contributed by atoms with van der Waals surface area (Å²) in [5, 5.41) is 10.2. The summed E-state index contributed by atoms with van der Waals surface area (Å²) >= 11 is 0. The molecule has 0 aliphatic carbocycles. The fraction of sp³-hybridized carbons (Fsp3) is 1.00. The molecule has 0 aromatic heterocycles. The molecule has 1 aliphatic rings. The first-order valence-corrected chi connectivity index (χ1v) is 12.7. The third-order valence-electron chi connectivity index (χ3n) is 5.34. The van der Waals surface area contributed by atoms with Crippen LogP contribution in [0, 0.1) is 5.92 Å². The topological polar surface area (TPSA) is 65.0 Å². The number of phosphoric ester groups is 1. The van der Waals surface area contributed by atoms with Crippen LogP contribution in [0.3, 0.4) is 0 Å². The molecule has 0 aromatic carbocycles. The molecule has 0 bridgehead atoms. The molecule has 1 rings (SSSR count). The molecule has 1 heterocycles. The average molecular weight is 407 g/mol. The molecule has 0 amide bonds. The Bertz CT molecular complexity index is 381. The maximum Gasteiger partial charge on any atom is 0.474 e. The number of aliphatic hydroxyl groups is 1. The summed E-state index contributed by atoms with van der Waals surface area (Å²) in [4.78, 5) is 0. The van der Waals surface area contributed by atoms with Gasteiger partial charge in [0.2, 0.25) is 0 Å². The van der Waals surface area contributed by atoms with Gasteiger partial charge in [-0.2, -0.15) is 0 Å². The molecule has 0 saturated carbocycles. The van der Waals surface area contributed by atoms with Crippen LogP contribution in [0.25, 0.3) is 0 Å². The molecule has 5 nitrogen and oxygen atoms in total. The van der Waals surface area contributed by atoms with Crippen LogP contribution in [-0.2, 0) is 18.1 Å². The van der Waals surface area contributed by atoms with Gasteiger partial charge in [0, 0.05) is 5.92 Å². The van der Waals surface area contributed by atoms with Gasteiger partial charge in [0.1, 0.15) is 0 Å². The average Bonchev–Trinajstić information content (AvgIpc) is 3.10. The predicted molar refractivity (Wildman–Crippen MR) is 111 cm³/mol. The van der Waals surface area contributed by atoms with Crippen molar-refractivity contribution in [2.24, 2.45) is 5.92 Å². The Balaban J connectivity index is 1.86. The van der Waals surface area contributed by atoms with Gasteiger partial charge in [0.15, 0.2) is 0 Å². The highest BCUT2D eigenvalue weighted by molar-refractivity contribution is 7.48. The van der Waals surface area contributed by atoms with E-state index in [9.17, 15) is 9.67 Å². The van der Waals surface area contributed by atoms with Crippen molar-refractivity contribution in [3.8, 4) is 0 Å². The fourth-order valence-electron chi connectivity index (χ4n) is 3.39. The van der Waals surface area contributed by atoms with E-state index in [2.05, 4.69) is 6.92 Å². The second-order valence-electron chi connectivity index (χ2n) is 7.99. The van der Waals surface area contributed by atoms with E-state index in [-0.39, 0.29) is 12.5 Å². The third kappa shape index (κ3) is 13.0. The fourth-order valence-corrected chi connectivity index (χ4v) is 4.62. The van der Waals surface area contributed by atoms with Crippen molar-refractivity contribution in [2.75, 3.05) is 19.8 Å². The van der Waals surface area contributed by atoms with Crippen LogP contribution in [0.15, 0.2) is 0 Å². The lowest BCUT2D eigenvalue weighted by atomic mass is 9.99. The van der Waals surface area contributed by atoms with Crippen LogP contribution in [0.5, 0.6) is 0 Å². The van der Waals surface area contributed by atoms with E-state index in [1.807, 2.05) is 6.92 Å². The molecule has 1 fully saturated rings. The standard InChI is InChI=1S/C21H43O5P/c1-3-4-5-6-7-8-9-10-11-12-13-14-15-16-21(22)20(2)19-26-27(23)24-17-18-25-27/h20-22H,3-19H2,1-2H3/t20-,21+/m0/s1. The van der Waals surface area contributed by atoms with Crippen LogP contribution in [0.4, 0.5) is 0 Å². The molecule has 0 spiro atoms. The molecule has 2 atom stereocenters. The monoisotopic (exact) mass is 406 g/mol. The molecule has 0 aromatic rings. The number of rotatable bonds is 18. The molecule has 27 heavy (non-hydrogen) atoms. The van der Waals surface area contributed by atoms with Crippen molar-refractivity contribution in [2.45, 2.75) is 110 Å². The molecule has 6 heteroatoms. The SMILES string of the molecule is CCCCCCCCCCCCCCC[C@@H](O)[C@@H](C)COP1(=O)OCCO1. The summed E-state index contributed by atoms with van der Waals surface area (Å²) in [6, 6.07) is 0. The Morgan fingerprint density at radius 2 is 1.30 bits per heavy atom. The third-order valence-corrected chi connectivity index (χ3v) is 6.80. The first-order valence-electron chi connectivity index (χ1n) is 11.3. The summed E-state index contributed by atoms with van der Waals surface area (Å²) in [7, 11) is -3.33. The minimum atomic E-state index is -3.33. The summed E-state index contributed by atoms with van der Waals surface area (Å²) in [5.41, 5.74) is 0. The van der Waals surface area contributed by atoms with Gasteiger partial charge >= 0.3 is 7.82 Å². The van der Waals surface area contributed by atoms with Crippen molar-refractivity contribution in [1.82, 2.24) is 0 Å². The Labute approximate surface area is 167 Å². The number of unbranched alkanes of at least 4 members (excludes halogenated alkanes) is 12. The molecular weight excluding hydrogens is 363 g/mol. The zero-order valence-corrected chi connectivity index (χ0v) is 18.6. The lowest BCUT2D eigenvalue weighted by molar-refractivity contribution is 0.0642. The first-order chi connectivity index (χ1) is 13.1. The Morgan fingerprint density at radius 3 is 1.78 bits per heavy atom. The van der Waals surface area contributed by atoms with Crippen molar-refractivity contribution < 1.29 is 23.2 Å². The minimum Gasteiger partial charge on any atom is -0.393 e. The van der Waals surface area contributed by atoms with Crippen LogP contribution in [0.2, 0.25) is 0 Å². The second-order valence-corrected chi connectivity index (χ2v) is 9.65. The van der Waals surface area contributed by atoms with E-state index in [0.717, 1.165) is 12.8 Å². The summed E-state index contributed by atoms with van der Waals surface area (Å²) in [6.45, 7) is 5.01. The van der Waals surface area contributed by atoms with E-state index in [0.29, 0.717) is 13.2 Å². The smallest absolute Gasteiger partial charge is 0.393 e. The van der Waals surface area contributed by atoms with E-state index in [1.165, 1.54) is 77.0 Å². The highest BCUT2D eigenvalue weighted by atomic mass is 31.2. The van der Waals surface area contributed by atoms with Crippen molar-refractivity contribution >= 4 is 7.82 Å². The highest BCUT2D eigenvalue weighted by Crippen LogP contribution is 2.53. The van der Waals surface area contributed by atoms with Crippen LogP contribution >= 0.6 is 7.82 Å². The molecule has 1 saturated heterocycles. The van der Waals surface area contributed by atoms with E-state index < -0.39 is 13.9 Å². The quantitative estimate of drug-likeness (QED) is 0.204. The van der Waals surface area contributed by atoms with Gasteiger partial charge in [-0.1, -0.05) is 97.3 Å². The van der Waals surface area contributed by atoms with Gasteiger partial charge in [-0.25, -0.2) is 4.57 Å². The Morgan fingerprint density at radius 1 is 0.852 bits per heavy atom. The van der Waals surface area contributed by atoms with Gasteiger partial charge in [0.05, 0.1) is 25.9 Å². The zero-order chi connectivity index (χ0) is 19.8. The number of hydrogen-bond donors (Lipinski definition) is 1.